The molecule has 0 bridgehead atoms. The van der Waals surface area contributed by atoms with E-state index in [9.17, 15) is 9.59 Å². The predicted octanol–water partition coefficient (Wildman–Crippen LogP) is 3.60. The molecule has 0 saturated heterocycles. The van der Waals surface area contributed by atoms with E-state index in [-0.39, 0.29) is 18.4 Å². The van der Waals surface area contributed by atoms with Crippen LogP contribution in [0.2, 0.25) is 0 Å². The molecule has 0 aliphatic heterocycles. The summed E-state index contributed by atoms with van der Waals surface area (Å²) in [6, 6.07) is 13.4. The Balaban J connectivity index is 2.14. The molecule has 0 aliphatic rings. The van der Waals surface area contributed by atoms with E-state index < -0.39 is 0 Å². The highest BCUT2D eigenvalue weighted by molar-refractivity contribution is 6.01. The van der Waals surface area contributed by atoms with Crippen molar-refractivity contribution in [2.45, 2.75) is 27.7 Å². The molecule has 0 spiro atoms. The summed E-state index contributed by atoms with van der Waals surface area (Å²) < 4.78 is 0. The van der Waals surface area contributed by atoms with E-state index in [0.717, 1.165) is 28.1 Å². The number of rotatable bonds is 4. The number of hydrogen-bond donors (Lipinski definition) is 1. The van der Waals surface area contributed by atoms with Gasteiger partial charge in [0.2, 0.25) is 11.8 Å². The van der Waals surface area contributed by atoms with Crippen LogP contribution >= 0.6 is 0 Å². The van der Waals surface area contributed by atoms with Crippen LogP contribution in [-0.2, 0) is 9.59 Å². The zero-order valence-corrected chi connectivity index (χ0v) is 14.0. The van der Waals surface area contributed by atoms with Gasteiger partial charge in [0.05, 0.1) is 0 Å². The Bertz CT molecular complexity index is 700. The molecule has 0 unspecified atom stereocenters. The van der Waals surface area contributed by atoms with Gasteiger partial charge >= 0.3 is 0 Å². The fourth-order valence-electron chi connectivity index (χ4n) is 2.47. The first-order chi connectivity index (χ1) is 10.8. The van der Waals surface area contributed by atoms with Crippen molar-refractivity contribution < 1.29 is 9.59 Å². The lowest BCUT2D eigenvalue weighted by molar-refractivity contribution is -0.120. The van der Waals surface area contributed by atoms with Crippen LogP contribution in [-0.4, -0.2) is 18.4 Å². The quantitative estimate of drug-likeness (QED) is 0.938. The van der Waals surface area contributed by atoms with Crippen LogP contribution in [0, 0.1) is 20.8 Å². The molecule has 2 aromatic rings. The average Bonchev–Trinajstić information content (AvgIpc) is 2.46. The van der Waals surface area contributed by atoms with E-state index in [1.54, 1.807) is 0 Å². The van der Waals surface area contributed by atoms with E-state index in [1.165, 1.54) is 11.8 Å². The van der Waals surface area contributed by atoms with Gasteiger partial charge in [-0.05, 0) is 56.2 Å². The van der Waals surface area contributed by atoms with Crippen molar-refractivity contribution in [1.82, 2.24) is 0 Å². The van der Waals surface area contributed by atoms with Gasteiger partial charge in [-0.15, -0.1) is 0 Å². The highest BCUT2D eigenvalue weighted by Gasteiger charge is 2.16. The van der Waals surface area contributed by atoms with Crippen molar-refractivity contribution in [3.63, 3.8) is 0 Å². The predicted molar refractivity (Wildman–Crippen MR) is 93.8 cm³/mol. The number of anilines is 2. The first-order valence-corrected chi connectivity index (χ1v) is 7.58. The molecule has 1 N–H and O–H groups in total. The lowest BCUT2D eigenvalue weighted by Gasteiger charge is -2.21. The third-order valence-corrected chi connectivity index (χ3v) is 3.54. The number of hydrogen-bond acceptors (Lipinski definition) is 2. The topological polar surface area (TPSA) is 49.4 Å². The third kappa shape index (κ3) is 4.68. The smallest absolute Gasteiger partial charge is 0.244 e. The normalized spacial score (nSPS) is 10.3. The monoisotopic (exact) mass is 310 g/mol. The molecule has 120 valence electrons. The Kier molecular flexibility index (Phi) is 5.16. The largest absolute Gasteiger partial charge is 0.325 e. The molecule has 0 radical (unpaired) electrons. The number of carbonyl (C=O) groups excluding carboxylic acids is 2. The van der Waals surface area contributed by atoms with E-state index in [0.29, 0.717) is 0 Å². The van der Waals surface area contributed by atoms with Crippen molar-refractivity contribution in [2.24, 2.45) is 0 Å². The van der Waals surface area contributed by atoms with Crippen LogP contribution < -0.4 is 10.2 Å². The van der Waals surface area contributed by atoms with Gasteiger partial charge in [0.25, 0.3) is 0 Å². The molecule has 2 aromatic carbocycles. The fourth-order valence-corrected chi connectivity index (χ4v) is 2.47. The molecule has 0 fully saturated rings. The Labute approximate surface area is 137 Å². The van der Waals surface area contributed by atoms with E-state index in [4.69, 9.17) is 0 Å². The minimum atomic E-state index is -0.219. The van der Waals surface area contributed by atoms with Gasteiger partial charge in [-0.25, -0.2) is 0 Å². The minimum absolute atomic E-state index is 0.00783. The van der Waals surface area contributed by atoms with Crippen LogP contribution in [0.5, 0.6) is 0 Å². The van der Waals surface area contributed by atoms with Gasteiger partial charge < -0.3 is 10.2 Å². The SMILES string of the molecule is CC(=O)N(CC(=O)Nc1ccc(C)cc1)c1cc(C)cc(C)c1. The van der Waals surface area contributed by atoms with Gasteiger partial charge in [0.15, 0.2) is 0 Å². The highest BCUT2D eigenvalue weighted by atomic mass is 16.2. The lowest BCUT2D eigenvalue weighted by Crippen LogP contribution is -2.36. The molecule has 2 rings (SSSR count). The second-order valence-corrected chi connectivity index (χ2v) is 5.87. The zero-order valence-electron chi connectivity index (χ0n) is 14.0. The van der Waals surface area contributed by atoms with Gasteiger partial charge in [-0.2, -0.15) is 0 Å². The van der Waals surface area contributed by atoms with E-state index in [1.807, 2.05) is 63.2 Å². The number of nitrogens with zero attached hydrogens (tertiary/aromatic N) is 1. The van der Waals surface area contributed by atoms with Crippen LogP contribution in [0.4, 0.5) is 11.4 Å². The second kappa shape index (κ2) is 7.09. The van der Waals surface area contributed by atoms with Crippen molar-refractivity contribution in [3.05, 3.63) is 59.2 Å². The minimum Gasteiger partial charge on any atom is -0.325 e. The second-order valence-electron chi connectivity index (χ2n) is 5.87. The van der Waals surface area contributed by atoms with E-state index >= 15 is 0 Å². The molecule has 23 heavy (non-hydrogen) atoms. The van der Waals surface area contributed by atoms with Crippen LogP contribution in [0.15, 0.2) is 42.5 Å². The summed E-state index contributed by atoms with van der Waals surface area (Å²) in [6.45, 7) is 7.40. The number of nitrogens with one attached hydrogen (secondary N) is 1. The maximum Gasteiger partial charge on any atom is 0.244 e. The summed E-state index contributed by atoms with van der Waals surface area (Å²) in [5, 5.41) is 2.82. The first kappa shape index (κ1) is 16.7. The van der Waals surface area contributed by atoms with Gasteiger partial charge in [0.1, 0.15) is 6.54 Å². The Morgan fingerprint density at radius 3 is 2.00 bits per heavy atom. The summed E-state index contributed by atoms with van der Waals surface area (Å²) >= 11 is 0. The summed E-state index contributed by atoms with van der Waals surface area (Å²) in [7, 11) is 0. The summed E-state index contributed by atoms with van der Waals surface area (Å²) in [4.78, 5) is 25.7. The fraction of sp³-hybridized carbons (Fsp3) is 0.263. The van der Waals surface area contributed by atoms with Gasteiger partial charge in [-0.1, -0.05) is 23.8 Å². The van der Waals surface area contributed by atoms with Crippen LogP contribution in [0.25, 0.3) is 0 Å². The van der Waals surface area contributed by atoms with Crippen molar-refractivity contribution in [2.75, 3.05) is 16.8 Å². The van der Waals surface area contributed by atoms with Crippen molar-refractivity contribution in [1.29, 1.82) is 0 Å². The molecule has 0 saturated carbocycles. The molecule has 4 nitrogen and oxygen atoms in total. The Morgan fingerprint density at radius 2 is 1.48 bits per heavy atom. The Hall–Kier alpha value is -2.62. The number of benzene rings is 2. The molecular weight excluding hydrogens is 288 g/mol. The summed E-state index contributed by atoms with van der Waals surface area (Å²) in [5.74, 6) is -0.378. The van der Waals surface area contributed by atoms with Crippen LogP contribution in [0.3, 0.4) is 0 Å². The standard InChI is InChI=1S/C19H22N2O2/c1-13-5-7-17(8-6-13)20-19(23)12-21(16(4)22)18-10-14(2)9-15(3)11-18/h5-11H,12H2,1-4H3,(H,20,23). The molecule has 0 heterocycles. The van der Waals surface area contributed by atoms with Gasteiger partial charge in [-0.3, -0.25) is 9.59 Å². The number of amides is 2. The van der Waals surface area contributed by atoms with Crippen LogP contribution in [0.1, 0.15) is 23.6 Å². The maximum absolute atomic E-state index is 12.3. The molecule has 2 amide bonds. The maximum atomic E-state index is 12.3. The van der Waals surface area contributed by atoms with Crippen molar-refractivity contribution >= 4 is 23.2 Å². The summed E-state index contributed by atoms with van der Waals surface area (Å²) in [5.41, 5.74) is 4.72. The summed E-state index contributed by atoms with van der Waals surface area (Å²) in [6.07, 6.45) is 0. The van der Waals surface area contributed by atoms with Gasteiger partial charge in [0, 0.05) is 18.3 Å². The zero-order chi connectivity index (χ0) is 17.0. The molecule has 0 atom stereocenters. The number of carbonyl (C=O) groups is 2. The highest BCUT2D eigenvalue weighted by Crippen LogP contribution is 2.19. The lowest BCUT2D eigenvalue weighted by atomic mass is 10.1. The Morgan fingerprint density at radius 1 is 0.913 bits per heavy atom. The molecule has 0 aliphatic carbocycles. The van der Waals surface area contributed by atoms with E-state index in [2.05, 4.69) is 5.32 Å². The van der Waals surface area contributed by atoms with Crippen molar-refractivity contribution in [3.8, 4) is 0 Å². The average molecular weight is 310 g/mol. The first-order valence-electron chi connectivity index (χ1n) is 7.58. The number of aryl methyl sites for hydroxylation is 3. The molecular formula is C19H22N2O2. The molecule has 4 heteroatoms. The molecule has 0 aromatic heterocycles. The third-order valence-electron chi connectivity index (χ3n) is 3.54.